The Morgan fingerprint density at radius 2 is 2.00 bits per heavy atom. The van der Waals surface area contributed by atoms with Gasteiger partial charge in [-0.25, -0.2) is 0 Å². The summed E-state index contributed by atoms with van der Waals surface area (Å²) in [7, 11) is 0. The van der Waals surface area contributed by atoms with Gasteiger partial charge in [-0.3, -0.25) is 9.59 Å². The molecule has 0 aromatic rings. The molecule has 2 saturated heterocycles. The van der Waals surface area contributed by atoms with Crippen molar-refractivity contribution in [1.29, 1.82) is 0 Å². The van der Waals surface area contributed by atoms with Gasteiger partial charge in [-0.2, -0.15) is 11.8 Å². The van der Waals surface area contributed by atoms with Crippen molar-refractivity contribution in [3.63, 3.8) is 0 Å². The molecule has 2 fully saturated rings. The highest BCUT2D eigenvalue weighted by atomic mass is 32.2. The molecule has 0 bridgehead atoms. The third kappa shape index (κ3) is 3.69. The summed E-state index contributed by atoms with van der Waals surface area (Å²) >= 11 is 1.89. The smallest absolute Gasteiger partial charge is 0.245 e. The van der Waals surface area contributed by atoms with Crippen molar-refractivity contribution in [1.82, 2.24) is 9.80 Å². The van der Waals surface area contributed by atoms with Gasteiger partial charge in [0.05, 0.1) is 0 Å². The Kier molecular flexibility index (Phi) is 5.78. The molecule has 5 heteroatoms. The van der Waals surface area contributed by atoms with Crippen molar-refractivity contribution >= 4 is 23.6 Å². The summed E-state index contributed by atoms with van der Waals surface area (Å²) in [5, 5.41) is 0. The summed E-state index contributed by atoms with van der Waals surface area (Å²) in [6.07, 6.45) is 8.75. The second-order valence-electron chi connectivity index (χ2n) is 5.24. The predicted molar refractivity (Wildman–Crippen MR) is 81.3 cm³/mol. The summed E-state index contributed by atoms with van der Waals surface area (Å²) in [5.74, 6) is 4.80. The first-order valence-electron chi connectivity index (χ1n) is 7.33. The fraction of sp³-hybridized carbons (Fsp3) is 0.733. The minimum Gasteiger partial charge on any atom is -0.339 e. The molecule has 110 valence electrons. The topological polar surface area (TPSA) is 40.6 Å². The Balaban J connectivity index is 1.90. The number of nitrogens with zero attached hydrogens (tertiary/aromatic N) is 2. The highest BCUT2D eigenvalue weighted by Gasteiger charge is 2.36. The molecule has 2 amide bonds. The van der Waals surface area contributed by atoms with Crippen molar-refractivity contribution in [2.75, 3.05) is 31.1 Å². The summed E-state index contributed by atoms with van der Waals surface area (Å²) in [5.41, 5.74) is 0. The molecule has 0 unspecified atom stereocenters. The van der Waals surface area contributed by atoms with Gasteiger partial charge in [0.25, 0.3) is 0 Å². The van der Waals surface area contributed by atoms with Crippen LogP contribution >= 0.6 is 11.8 Å². The van der Waals surface area contributed by atoms with Crippen LogP contribution < -0.4 is 0 Å². The molecule has 0 aromatic carbocycles. The fourth-order valence-corrected chi connectivity index (χ4v) is 3.70. The maximum absolute atomic E-state index is 12.5. The van der Waals surface area contributed by atoms with Crippen LogP contribution in [0, 0.1) is 12.3 Å². The minimum absolute atomic E-state index is 0.0856. The van der Waals surface area contributed by atoms with E-state index in [2.05, 4.69) is 5.92 Å². The molecule has 0 radical (unpaired) electrons. The molecule has 0 aliphatic carbocycles. The molecule has 2 rings (SSSR count). The molecule has 1 atom stereocenters. The van der Waals surface area contributed by atoms with Crippen LogP contribution in [0.4, 0.5) is 0 Å². The van der Waals surface area contributed by atoms with Gasteiger partial charge in [0.15, 0.2) is 0 Å². The second-order valence-corrected chi connectivity index (χ2v) is 6.47. The van der Waals surface area contributed by atoms with Gasteiger partial charge in [0.2, 0.25) is 11.8 Å². The Bertz CT molecular complexity index is 399. The van der Waals surface area contributed by atoms with E-state index in [0.717, 1.165) is 37.4 Å². The molecule has 0 saturated carbocycles. The van der Waals surface area contributed by atoms with E-state index in [0.29, 0.717) is 25.8 Å². The third-order valence-electron chi connectivity index (χ3n) is 3.89. The molecule has 0 aromatic heterocycles. The predicted octanol–water partition coefficient (Wildman–Crippen LogP) is 1.36. The average molecular weight is 294 g/mol. The normalized spacial score (nSPS) is 22.6. The Morgan fingerprint density at radius 1 is 1.25 bits per heavy atom. The average Bonchev–Trinajstić information content (AvgIpc) is 2.97. The maximum Gasteiger partial charge on any atom is 0.245 e. The largest absolute Gasteiger partial charge is 0.339 e. The van der Waals surface area contributed by atoms with E-state index in [1.807, 2.05) is 16.7 Å². The fourth-order valence-electron chi connectivity index (χ4n) is 2.80. The number of carbonyl (C=O) groups is 2. The first kappa shape index (κ1) is 15.2. The maximum atomic E-state index is 12.5. The standard InChI is InChI=1S/C15H22N2O2S/c1-2-3-4-7-14(18)17-8-5-6-13(17)15(19)16-9-11-20-12-10-16/h1,13H,3-12H2/t13-/m1/s1. The van der Waals surface area contributed by atoms with Crippen molar-refractivity contribution in [3.05, 3.63) is 0 Å². The van der Waals surface area contributed by atoms with Gasteiger partial charge in [0, 0.05) is 44.0 Å². The van der Waals surface area contributed by atoms with Gasteiger partial charge in [-0.15, -0.1) is 12.3 Å². The monoisotopic (exact) mass is 294 g/mol. The number of hydrogen-bond donors (Lipinski definition) is 0. The Hall–Kier alpha value is -1.15. The lowest BCUT2D eigenvalue weighted by atomic mass is 10.1. The van der Waals surface area contributed by atoms with E-state index >= 15 is 0 Å². The molecule has 2 aliphatic heterocycles. The molecule has 4 nitrogen and oxygen atoms in total. The van der Waals surface area contributed by atoms with Crippen LogP contribution in [0.2, 0.25) is 0 Å². The van der Waals surface area contributed by atoms with Crippen molar-refractivity contribution < 1.29 is 9.59 Å². The van der Waals surface area contributed by atoms with Crippen LogP contribution in [0.1, 0.15) is 32.1 Å². The zero-order valence-corrected chi connectivity index (χ0v) is 12.7. The van der Waals surface area contributed by atoms with Crippen LogP contribution in [0.25, 0.3) is 0 Å². The Morgan fingerprint density at radius 3 is 2.70 bits per heavy atom. The van der Waals surface area contributed by atoms with Crippen LogP contribution in [0.15, 0.2) is 0 Å². The van der Waals surface area contributed by atoms with E-state index in [1.54, 1.807) is 4.90 Å². The van der Waals surface area contributed by atoms with Gasteiger partial charge in [-0.05, 0) is 19.3 Å². The number of rotatable bonds is 4. The molecule has 0 N–H and O–H groups in total. The lowest BCUT2D eigenvalue weighted by Gasteiger charge is -2.32. The quantitative estimate of drug-likeness (QED) is 0.580. The SMILES string of the molecule is C#CCCCC(=O)N1CCC[C@@H]1C(=O)N1CCSCC1. The Labute approximate surface area is 125 Å². The van der Waals surface area contributed by atoms with Crippen LogP contribution in [0.5, 0.6) is 0 Å². The highest BCUT2D eigenvalue weighted by Crippen LogP contribution is 2.22. The van der Waals surface area contributed by atoms with E-state index in [-0.39, 0.29) is 17.9 Å². The molecule has 0 spiro atoms. The van der Waals surface area contributed by atoms with Crippen molar-refractivity contribution in [2.24, 2.45) is 0 Å². The lowest BCUT2D eigenvalue weighted by molar-refractivity contribution is -0.143. The zero-order chi connectivity index (χ0) is 14.4. The summed E-state index contributed by atoms with van der Waals surface area (Å²) in [6, 6.07) is -0.226. The number of amides is 2. The van der Waals surface area contributed by atoms with Crippen molar-refractivity contribution in [2.45, 2.75) is 38.1 Å². The van der Waals surface area contributed by atoms with Crippen LogP contribution in [-0.2, 0) is 9.59 Å². The summed E-state index contributed by atoms with van der Waals surface area (Å²) in [6.45, 7) is 2.35. The van der Waals surface area contributed by atoms with E-state index in [1.165, 1.54) is 0 Å². The zero-order valence-electron chi connectivity index (χ0n) is 11.8. The lowest BCUT2D eigenvalue weighted by Crippen LogP contribution is -2.50. The number of hydrogen-bond acceptors (Lipinski definition) is 3. The minimum atomic E-state index is -0.226. The van der Waals surface area contributed by atoms with Gasteiger partial charge < -0.3 is 9.80 Å². The first-order valence-corrected chi connectivity index (χ1v) is 8.49. The van der Waals surface area contributed by atoms with Crippen LogP contribution in [-0.4, -0.2) is 58.8 Å². The molecule has 2 aliphatic rings. The van der Waals surface area contributed by atoms with Gasteiger partial charge in [0.1, 0.15) is 6.04 Å². The second kappa shape index (κ2) is 7.58. The first-order chi connectivity index (χ1) is 9.74. The molecule has 2 heterocycles. The summed E-state index contributed by atoms with van der Waals surface area (Å²) < 4.78 is 0. The number of carbonyl (C=O) groups excluding carboxylic acids is 2. The third-order valence-corrected chi connectivity index (χ3v) is 4.84. The number of unbranched alkanes of at least 4 members (excludes halogenated alkanes) is 1. The molecule has 20 heavy (non-hydrogen) atoms. The molecular weight excluding hydrogens is 272 g/mol. The van der Waals surface area contributed by atoms with Crippen LogP contribution in [0.3, 0.4) is 0 Å². The number of likely N-dealkylation sites (tertiary alicyclic amines) is 1. The van der Waals surface area contributed by atoms with Gasteiger partial charge >= 0.3 is 0 Å². The van der Waals surface area contributed by atoms with Crippen molar-refractivity contribution in [3.8, 4) is 12.3 Å². The van der Waals surface area contributed by atoms with Gasteiger partial charge in [-0.1, -0.05) is 0 Å². The number of thioether (sulfide) groups is 1. The van der Waals surface area contributed by atoms with E-state index < -0.39 is 0 Å². The van der Waals surface area contributed by atoms with E-state index in [4.69, 9.17) is 6.42 Å². The molecular formula is C15H22N2O2S. The van der Waals surface area contributed by atoms with E-state index in [9.17, 15) is 9.59 Å². The number of terminal acetylenes is 1. The highest BCUT2D eigenvalue weighted by molar-refractivity contribution is 7.99. The summed E-state index contributed by atoms with van der Waals surface area (Å²) in [4.78, 5) is 28.4.